The molecule has 106 valence electrons. The van der Waals surface area contributed by atoms with Crippen LogP contribution in [0.15, 0.2) is 18.5 Å². The normalized spacial score (nSPS) is 11.9. The lowest BCUT2D eigenvalue weighted by Crippen LogP contribution is -2.14. The topological polar surface area (TPSA) is 48.4 Å². The third kappa shape index (κ3) is 4.89. The number of hydrogen-bond donors (Lipinski definition) is 0. The lowest BCUT2D eigenvalue weighted by molar-refractivity contribution is -0.142. The molecule has 4 nitrogen and oxygen atoms in total. The number of hydrogen-bond acceptors (Lipinski definition) is 4. The Morgan fingerprint density at radius 3 is 2.74 bits per heavy atom. The number of unbranched alkanes of at least 4 members (excludes halogenated alkanes) is 1. The third-order valence-corrected chi connectivity index (χ3v) is 2.94. The van der Waals surface area contributed by atoms with Gasteiger partial charge < -0.3 is 9.47 Å². The molecule has 1 aromatic heterocycles. The molecule has 1 heterocycles. The standard InChI is InChI=1S/C15H23NO3/c1-4-6-7-14(15(17)18-3)12-9-13(11-16-10-12)19-8-5-2/h9-11,14H,4-8H2,1-3H3. The summed E-state index contributed by atoms with van der Waals surface area (Å²) in [4.78, 5) is 16.0. The van der Waals surface area contributed by atoms with Crippen molar-refractivity contribution in [2.24, 2.45) is 0 Å². The van der Waals surface area contributed by atoms with E-state index in [0.717, 1.165) is 31.2 Å². The first-order valence-corrected chi connectivity index (χ1v) is 6.88. The summed E-state index contributed by atoms with van der Waals surface area (Å²) in [5.41, 5.74) is 0.869. The van der Waals surface area contributed by atoms with E-state index in [4.69, 9.17) is 9.47 Å². The number of pyridine rings is 1. The van der Waals surface area contributed by atoms with Crippen molar-refractivity contribution in [2.75, 3.05) is 13.7 Å². The van der Waals surface area contributed by atoms with Gasteiger partial charge in [-0.1, -0.05) is 26.7 Å². The molecule has 4 heteroatoms. The summed E-state index contributed by atoms with van der Waals surface area (Å²) in [6, 6.07) is 1.89. The molecule has 1 aromatic rings. The van der Waals surface area contributed by atoms with Crippen LogP contribution in [0.25, 0.3) is 0 Å². The summed E-state index contributed by atoms with van der Waals surface area (Å²) in [7, 11) is 1.42. The Morgan fingerprint density at radius 1 is 1.32 bits per heavy atom. The van der Waals surface area contributed by atoms with Crippen LogP contribution in [0, 0.1) is 0 Å². The minimum absolute atomic E-state index is 0.206. The molecule has 0 amide bonds. The van der Waals surface area contributed by atoms with Crippen molar-refractivity contribution >= 4 is 5.97 Å². The fourth-order valence-electron chi connectivity index (χ4n) is 1.90. The quantitative estimate of drug-likeness (QED) is 0.676. The van der Waals surface area contributed by atoms with Crippen molar-refractivity contribution in [2.45, 2.75) is 45.4 Å². The monoisotopic (exact) mass is 265 g/mol. The number of rotatable bonds is 8. The van der Waals surface area contributed by atoms with Gasteiger partial charge in [0, 0.05) is 6.20 Å². The zero-order chi connectivity index (χ0) is 14.1. The molecule has 0 aromatic carbocycles. The Morgan fingerprint density at radius 2 is 2.11 bits per heavy atom. The highest BCUT2D eigenvalue weighted by atomic mass is 16.5. The average molecular weight is 265 g/mol. The van der Waals surface area contributed by atoms with Crippen molar-refractivity contribution in [3.8, 4) is 5.75 Å². The fourth-order valence-corrected chi connectivity index (χ4v) is 1.90. The Balaban J connectivity index is 2.85. The van der Waals surface area contributed by atoms with E-state index in [0.29, 0.717) is 12.4 Å². The van der Waals surface area contributed by atoms with Crippen molar-refractivity contribution in [3.05, 3.63) is 24.0 Å². The molecule has 1 atom stereocenters. The largest absolute Gasteiger partial charge is 0.492 e. The molecular weight excluding hydrogens is 242 g/mol. The summed E-state index contributed by atoms with van der Waals surface area (Å²) in [5.74, 6) is 0.260. The Labute approximate surface area is 115 Å². The molecule has 0 aliphatic heterocycles. The second-order valence-corrected chi connectivity index (χ2v) is 4.52. The molecule has 0 aliphatic rings. The van der Waals surface area contributed by atoms with Gasteiger partial charge in [0.2, 0.25) is 0 Å². The van der Waals surface area contributed by atoms with Crippen molar-refractivity contribution in [3.63, 3.8) is 0 Å². The van der Waals surface area contributed by atoms with Gasteiger partial charge in [-0.3, -0.25) is 9.78 Å². The highest BCUT2D eigenvalue weighted by molar-refractivity contribution is 5.78. The van der Waals surface area contributed by atoms with Crippen LogP contribution in [0.5, 0.6) is 5.75 Å². The predicted octanol–water partition coefficient (Wildman–Crippen LogP) is 3.32. The third-order valence-electron chi connectivity index (χ3n) is 2.94. The van der Waals surface area contributed by atoms with E-state index in [-0.39, 0.29) is 11.9 Å². The summed E-state index contributed by atoms with van der Waals surface area (Å²) in [6.07, 6.45) is 7.15. The van der Waals surface area contributed by atoms with E-state index >= 15 is 0 Å². The molecule has 0 aliphatic carbocycles. The maximum atomic E-state index is 11.9. The Kier molecular flexibility index (Phi) is 6.93. The highest BCUT2D eigenvalue weighted by Crippen LogP contribution is 2.25. The molecule has 0 saturated heterocycles. The van der Waals surface area contributed by atoms with Gasteiger partial charge in [-0.05, 0) is 24.5 Å². The minimum Gasteiger partial charge on any atom is -0.492 e. The van der Waals surface area contributed by atoms with Gasteiger partial charge in [0.05, 0.1) is 25.8 Å². The maximum absolute atomic E-state index is 11.9. The van der Waals surface area contributed by atoms with E-state index in [9.17, 15) is 4.79 Å². The van der Waals surface area contributed by atoms with Crippen LogP contribution in [0.4, 0.5) is 0 Å². The van der Waals surface area contributed by atoms with Gasteiger partial charge in [0.25, 0.3) is 0 Å². The summed E-state index contributed by atoms with van der Waals surface area (Å²) >= 11 is 0. The number of methoxy groups -OCH3 is 1. The molecule has 0 bridgehead atoms. The molecule has 1 rings (SSSR count). The zero-order valence-electron chi connectivity index (χ0n) is 12.0. The minimum atomic E-state index is -0.248. The molecule has 0 fully saturated rings. The van der Waals surface area contributed by atoms with Crippen LogP contribution in [0.2, 0.25) is 0 Å². The number of aromatic nitrogens is 1. The molecule has 19 heavy (non-hydrogen) atoms. The van der Waals surface area contributed by atoms with Crippen molar-refractivity contribution in [1.82, 2.24) is 4.98 Å². The number of esters is 1. The fraction of sp³-hybridized carbons (Fsp3) is 0.600. The van der Waals surface area contributed by atoms with Gasteiger partial charge in [-0.25, -0.2) is 0 Å². The zero-order valence-corrected chi connectivity index (χ0v) is 12.0. The summed E-state index contributed by atoms with van der Waals surface area (Å²) in [5, 5.41) is 0. The van der Waals surface area contributed by atoms with Crippen LogP contribution in [-0.2, 0) is 9.53 Å². The second-order valence-electron chi connectivity index (χ2n) is 4.52. The predicted molar refractivity (Wildman–Crippen MR) is 74.3 cm³/mol. The SMILES string of the molecule is CCCCC(C(=O)OC)c1cncc(OCCC)c1. The number of nitrogens with zero attached hydrogens (tertiary/aromatic N) is 1. The molecule has 0 radical (unpaired) electrons. The summed E-state index contributed by atoms with van der Waals surface area (Å²) < 4.78 is 10.4. The number of carbonyl (C=O) groups excluding carboxylic acids is 1. The lowest BCUT2D eigenvalue weighted by Gasteiger charge is -2.15. The number of carbonyl (C=O) groups is 1. The first kappa shape index (κ1) is 15.5. The Bertz CT molecular complexity index is 393. The van der Waals surface area contributed by atoms with Gasteiger partial charge in [-0.15, -0.1) is 0 Å². The van der Waals surface area contributed by atoms with Crippen molar-refractivity contribution in [1.29, 1.82) is 0 Å². The van der Waals surface area contributed by atoms with Crippen LogP contribution in [-0.4, -0.2) is 24.7 Å². The van der Waals surface area contributed by atoms with Crippen LogP contribution in [0.1, 0.15) is 51.0 Å². The van der Waals surface area contributed by atoms with E-state index < -0.39 is 0 Å². The first-order chi connectivity index (χ1) is 9.22. The van der Waals surface area contributed by atoms with E-state index in [1.807, 2.05) is 6.07 Å². The van der Waals surface area contributed by atoms with Crippen LogP contribution < -0.4 is 4.74 Å². The Hall–Kier alpha value is -1.58. The van der Waals surface area contributed by atoms with Gasteiger partial charge in [-0.2, -0.15) is 0 Å². The summed E-state index contributed by atoms with van der Waals surface area (Å²) in [6.45, 7) is 4.81. The van der Waals surface area contributed by atoms with Gasteiger partial charge in [0.15, 0.2) is 0 Å². The first-order valence-electron chi connectivity index (χ1n) is 6.88. The maximum Gasteiger partial charge on any atom is 0.313 e. The second kappa shape index (κ2) is 8.51. The smallest absolute Gasteiger partial charge is 0.313 e. The van der Waals surface area contributed by atoms with Gasteiger partial charge >= 0.3 is 5.97 Å². The van der Waals surface area contributed by atoms with E-state index in [1.165, 1.54) is 7.11 Å². The molecule has 0 saturated carbocycles. The number of ether oxygens (including phenoxy) is 2. The van der Waals surface area contributed by atoms with Crippen molar-refractivity contribution < 1.29 is 14.3 Å². The molecule has 1 unspecified atom stereocenters. The highest BCUT2D eigenvalue weighted by Gasteiger charge is 2.21. The van der Waals surface area contributed by atoms with Gasteiger partial charge in [0.1, 0.15) is 5.75 Å². The average Bonchev–Trinajstić information content (AvgIpc) is 2.45. The van der Waals surface area contributed by atoms with Crippen LogP contribution in [0.3, 0.4) is 0 Å². The molecule has 0 N–H and O–H groups in total. The lowest BCUT2D eigenvalue weighted by atomic mass is 9.95. The van der Waals surface area contributed by atoms with E-state index in [1.54, 1.807) is 12.4 Å². The molecule has 0 spiro atoms. The van der Waals surface area contributed by atoms with E-state index in [2.05, 4.69) is 18.8 Å². The van der Waals surface area contributed by atoms with Crippen LogP contribution >= 0.6 is 0 Å². The molecular formula is C15H23NO3.